The van der Waals surface area contributed by atoms with Crippen LogP contribution in [0.3, 0.4) is 0 Å². The first-order valence-corrected chi connectivity index (χ1v) is 8.78. The molecule has 1 atom stereocenters. The Morgan fingerprint density at radius 3 is 2.11 bits per heavy atom. The summed E-state index contributed by atoms with van der Waals surface area (Å²) in [5, 5.41) is 2.74. The molecule has 0 amide bonds. The summed E-state index contributed by atoms with van der Waals surface area (Å²) in [5.74, 6) is 2.19. The van der Waals surface area contributed by atoms with Crippen LogP contribution in [0.1, 0.15) is 39.5 Å². The van der Waals surface area contributed by atoms with Crippen LogP contribution in [0.2, 0.25) is 0 Å². The van der Waals surface area contributed by atoms with Gasteiger partial charge in [0.05, 0.1) is 5.25 Å². The smallest absolute Gasteiger partial charge is 0.215 e. The lowest BCUT2D eigenvalue weighted by atomic mass is 9.99. The van der Waals surface area contributed by atoms with Gasteiger partial charge in [0.15, 0.2) is 0 Å². The van der Waals surface area contributed by atoms with Gasteiger partial charge < -0.3 is 5.32 Å². The Hall–Kier alpha value is -0.130. The van der Waals surface area contributed by atoms with Gasteiger partial charge in [-0.25, -0.2) is 13.1 Å². The molecule has 0 aliphatic heterocycles. The second-order valence-electron chi connectivity index (χ2n) is 5.85. The van der Waals surface area contributed by atoms with Crippen LogP contribution < -0.4 is 10.0 Å². The third kappa shape index (κ3) is 3.93. The van der Waals surface area contributed by atoms with Crippen LogP contribution in [0, 0.1) is 17.8 Å². The summed E-state index contributed by atoms with van der Waals surface area (Å²) in [4.78, 5) is 0. The van der Waals surface area contributed by atoms with Crippen LogP contribution in [0.25, 0.3) is 0 Å². The van der Waals surface area contributed by atoms with Gasteiger partial charge in [0.1, 0.15) is 0 Å². The van der Waals surface area contributed by atoms with Crippen LogP contribution in [-0.4, -0.2) is 33.3 Å². The number of nitrogens with one attached hydrogen (secondary N) is 2. The van der Waals surface area contributed by atoms with Crippen molar-refractivity contribution in [2.45, 2.75) is 44.8 Å². The van der Waals surface area contributed by atoms with Crippen molar-refractivity contribution in [3.63, 3.8) is 0 Å². The number of rotatable bonds is 9. The number of hydrogen-bond acceptors (Lipinski definition) is 3. The average molecular weight is 274 g/mol. The standard InChI is InChI=1S/C13H26N2O2S/c1-3-14-8-10(2)18(16,17)15-9-13(11-4-5-11)12-6-7-12/h10-15H,3-9H2,1-2H3. The number of sulfonamides is 1. The van der Waals surface area contributed by atoms with E-state index >= 15 is 0 Å². The summed E-state index contributed by atoms with van der Waals surface area (Å²) in [5.41, 5.74) is 0. The lowest BCUT2D eigenvalue weighted by Crippen LogP contribution is -2.41. The summed E-state index contributed by atoms with van der Waals surface area (Å²) < 4.78 is 27.0. The van der Waals surface area contributed by atoms with Crippen LogP contribution in [0.4, 0.5) is 0 Å². The first-order chi connectivity index (χ1) is 8.54. The lowest BCUT2D eigenvalue weighted by molar-refractivity contribution is 0.400. The van der Waals surface area contributed by atoms with Gasteiger partial charge in [0, 0.05) is 13.1 Å². The Morgan fingerprint density at radius 2 is 1.67 bits per heavy atom. The minimum atomic E-state index is -3.15. The molecule has 18 heavy (non-hydrogen) atoms. The van der Waals surface area contributed by atoms with Crippen molar-refractivity contribution in [3.05, 3.63) is 0 Å². The maximum absolute atomic E-state index is 12.1. The molecule has 2 N–H and O–H groups in total. The van der Waals surface area contributed by atoms with E-state index in [1.54, 1.807) is 6.92 Å². The Labute approximate surface area is 111 Å². The molecular formula is C13H26N2O2S. The molecule has 0 radical (unpaired) electrons. The third-order valence-electron chi connectivity index (χ3n) is 4.19. The summed E-state index contributed by atoms with van der Waals surface area (Å²) in [6, 6.07) is 0. The second kappa shape index (κ2) is 5.88. The molecular weight excluding hydrogens is 248 g/mol. The van der Waals surface area contributed by atoms with Crippen molar-refractivity contribution in [3.8, 4) is 0 Å². The van der Waals surface area contributed by atoms with Crippen molar-refractivity contribution < 1.29 is 8.42 Å². The van der Waals surface area contributed by atoms with Crippen LogP contribution >= 0.6 is 0 Å². The van der Waals surface area contributed by atoms with Crippen molar-refractivity contribution in [1.29, 1.82) is 0 Å². The molecule has 5 heteroatoms. The average Bonchev–Trinajstić information content (AvgIpc) is 3.16. The van der Waals surface area contributed by atoms with Crippen LogP contribution in [0.5, 0.6) is 0 Å². The van der Waals surface area contributed by atoms with Crippen molar-refractivity contribution >= 4 is 10.0 Å². The SMILES string of the molecule is CCNCC(C)S(=O)(=O)NCC(C1CC1)C1CC1. The van der Waals surface area contributed by atoms with Crippen molar-refractivity contribution in [1.82, 2.24) is 10.0 Å². The monoisotopic (exact) mass is 274 g/mol. The van der Waals surface area contributed by atoms with Gasteiger partial charge in [-0.15, -0.1) is 0 Å². The predicted molar refractivity (Wildman–Crippen MR) is 73.9 cm³/mol. The second-order valence-corrected chi connectivity index (χ2v) is 8.03. The molecule has 0 aromatic heterocycles. The van der Waals surface area contributed by atoms with Gasteiger partial charge in [-0.05, 0) is 56.9 Å². The molecule has 0 saturated heterocycles. The third-order valence-corrected chi connectivity index (χ3v) is 5.98. The first-order valence-electron chi connectivity index (χ1n) is 7.23. The van der Waals surface area contributed by atoms with Gasteiger partial charge in [0.25, 0.3) is 0 Å². The molecule has 0 aromatic carbocycles. The minimum Gasteiger partial charge on any atom is -0.316 e. The Bertz CT molecular complexity index is 349. The summed E-state index contributed by atoms with van der Waals surface area (Å²) in [7, 11) is -3.15. The molecule has 106 valence electrons. The molecule has 2 aliphatic carbocycles. The maximum Gasteiger partial charge on any atom is 0.215 e. The Morgan fingerprint density at radius 1 is 1.11 bits per heavy atom. The predicted octanol–water partition coefficient (Wildman–Crippen LogP) is 1.34. The fourth-order valence-corrected chi connectivity index (χ4v) is 3.63. The molecule has 2 rings (SSSR count). The van der Waals surface area contributed by atoms with E-state index in [1.807, 2.05) is 6.92 Å². The van der Waals surface area contributed by atoms with Gasteiger partial charge in [0.2, 0.25) is 10.0 Å². The summed E-state index contributed by atoms with van der Waals surface area (Å²) in [6.45, 7) is 5.77. The highest BCUT2D eigenvalue weighted by Gasteiger charge is 2.41. The normalized spacial score (nSPS) is 22.4. The zero-order valence-electron chi connectivity index (χ0n) is 11.5. The van der Waals surface area contributed by atoms with E-state index in [2.05, 4.69) is 10.0 Å². The van der Waals surface area contributed by atoms with E-state index in [0.29, 0.717) is 19.0 Å². The van der Waals surface area contributed by atoms with E-state index in [1.165, 1.54) is 25.7 Å². The first kappa shape index (κ1) is 14.3. The summed E-state index contributed by atoms with van der Waals surface area (Å²) >= 11 is 0. The number of hydrogen-bond donors (Lipinski definition) is 2. The molecule has 0 heterocycles. The Kier molecular flexibility index (Phi) is 4.67. The lowest BCUT2D eigenvalue weighted by Gasteiger charge is -2.19. The highest BCUT2D eigenvalue weighted by Crippen LogP contribution is 2.48. The largest absolute Gasteiger partial charge is 0.316 e. The zero-order valence-corrected chi connectivity index (χ0v) is 12.3. The molecule has 0 aromatic rings. The van der Waals surface area contributed by atoms with Crippen LogP contribution in [-0.2, 0) is 10.0 Å². The highest BCUT2D eigenvalue weighted by molar-refractivity contribution is 7.90. The maximum atomic E-state index is 12.1. The fraction of sp³-hybridized carbons (Fsp3) is 1.00. The van der Waals surface area contributed by atoms with Gasteiger partial charge in [-0.2, -0.15) is 0 Å². The molecule has 2 fully saturated rings. The minimum absolute atomic E-state index is 0.350. The molecule has 4 nitrogen and oxygen atoms in total. The van der Waals surface area contributed by atoms with E-state index in [9.17, 15) is 8.42 Å². The molecule has 0 bridgehead atoms. The van der Waals surface area contributed by atoms with Crippen molar-refractivity contribution in [2.75, 3.05) is 19.6 Å². The molecule has 2 aliphatic rings. The van der Waals surface area contributed by atoms with E-state index in [4.69, 9.17) is 0 Å². The highest BCUT2D eigenvalue weighted by atomic mass is 32.2. The molecule has 1 unspecified atom stereocenters. The summed E-state index contributed by atoms with van der Waals surface area (Å²) in [6.07, 6.45) is 5.21. The van der Waals surface area contributed by atoms with Gasteiger partial charge in [-0.3, -0.25) is 0 Å². The van der Waals surface area contributed by atoms with Crippen molar-refractivity contribution in [2.24, 2.45) is 17.8 Å². The van der Waals surface area contributed by atoms with Crippen LogP contribution in [0.15, 0.2) is 0 Å². The van der Waals surface area contributed by atoms with Gasteiger partial charge >= 0.3 is 0 Å². The molecule has 0 spiro atoms. The van der Waals surface area contributed by atoms with E-state index in [0.717, 1.165) is 18.4 Å². The fourth-order valence-electron chi connectivity index (χ4n) is 2.58. The zero-order chi connectivity index (χ0) is 13.2. The van der Waals surface area contributed by atoms with E-state index < -0.39 is 10.0 Å². The van der Waals surface area contributed by atoms with E-state index in [-0.39, 0.29) is 5.25 Å². The Balaban J connectivity index is 1.79. The molecule has 2 saturated carbocycles. The topological polar surface area (TPSA) is 58.2 Å². The van der Waals surface area contributed by atoms with Gasteiger partial charge in [-0.1, -0.05) is 6.92 Å². The quantitative estimate of drug-likeness (QED) is 0.667.